The average Bonchev–Trinajstić information content (AvgIpc) is 2.80. The van der Waals surface area contributed by atoms with Crippen LogP contribution < -0.4 is 10.9 Å². The monoisotopic (exact) mass is 451 g/mol. The second kappa shape index (κ2) is 9.32. The van der Waals surface area contributed by atoms with Crippen LogP contribution in [0.15, 0.2) is 76.7 Å². The number of carbonyl (C=O) groups is 1. The van der Waals surface area contributed by atoms with Crippen LogP contribution in [0.1, 0.15) is 12.5 Å². The van der Waals surface area contributed by atoms with Gasteiger partial charge in [-0.1, -0.05) is 49.0 Å². The number of fused-ring (bicyclic) bond motifs is 1. The quantitative estimate of drug-likeness (QED) is 0.333. The number of nitrogens with zero attached hydrogens (tertiary/aromatic N) is 2. The summed E-state index contributed by atoms with van der Waals surface area (Å²) in [6.07, 6.45) is 0.861. The molecule has 8 heteroatoms. The number of nitrogens with one attached hydrogen (secondary N) is 1. The highest BCUT2D eigenvalue weighted by atomic mass is 32.2. The fourth-order valence-corrected chi connectivity index (χ4v) is 4.05. The molecule has 32 heavy (non-hydrogen) atoms. The summed E-state index contributed by atoms with van der Waals surface area (Å²) in [6, 6.07) is 17.8. The zero-order valence-electron chi connectivity index (χ0n) is 17.1. The highest BCUT2D eigenvalue weighted by Gasteiger charge is 2.16. The molecule has 5 nitrogen and oxygen atoms in total. The average molecular weight is 451 g/mol. The van der Waals surface area contributed by atoms with E-state index in [1.807, 2.05) is 31.2 Å². The Balaban J connectivity index is 1.68. The van der Waals surface area contributed by atoms with Gasteiger partial charge in [-0.25, -0.2) is 13.8 Å². The zero-order chi connectivity index (χ0) is 22.7. The van der Waals surface area contributed by atoms with E-state index in [0.29, 0.717) is 21.7 Å². The third-order valence-electron chi connectivity index (χ3n) is 4.91. The van der Waals surface area contributed by atoms with Gasteiger partial charge < -0.3 is 5.32 Å². The van der Waals surface area contributed by atoms with E-state index in [-0.39, 0.29) is 11.3 Å². The van der Waals surface area contributed by atoms with Gasteiger partial charge >= 0.3 is 0 Å². The summed E-state index contributed by atoms with van der Waals surface area (Å²) in [5.41, 5.74) is 1.48. The predicted molar refractivity (Wildman–Crippen MR) is 122 cm³/mol. The number of rotatable bonds is 6. The lowest BCUT2D eigenvalue weighted by molar-refractivity contribution is -0.113. The molecule has 0 atom stereocenters. The Morgan fingerprint density at radius 2 is 1.69 bits per heavy atom. The molecule has 0 fully saturated rings. The molecule has 4 aromatic rings. The van der Waals surface area contributed by atoms with E-state index in [1.54, 1.807) is 24.3 Å². The zero-order valence-corrected chi connectivity index (χ0v) is 18.0. The Bertz CT molecular complexity index is 1330. The Labute approximate surface area is 187 Å². The lowest BCUT2D eigenvalue weighted by atomic mass is 10.1. The molecule has 1 N–H and O–H groups in total. The Morgan fingerprint density at radius 3 is 2.38 bits per heavy atom. The van der Waals surface area contributed by atoms with Crippen molar-refractivity contribution in [1.82, 2.24) is 9.55 Å². The van der Waals surface area contributed by atoms with Crippen molar-refractivity contribution < 1.29 is 13.6 Å². The first-order valence-electron chi connectivity index (χ1n) is 9.95. The highest BCUT2D eigenvalue weighted by Crippen LogP contribution is 2.23. The molecule has 0 aliphatic rings. The fourth-order valence-electron chi connectivity index (χ4n) is 3.24. The van der Waals surface area contributed by atoms with Crippen molar-refractivity contribution in [1.29, 1.82) is 0 Å². The smallest absolute Gasteiger partial charge is 0.266 e. The van der Waals surface area contributed by atoms with Crippen LogP contribution in [0.5, 0.6) is 0 Å². The summed E-state index contributed by atoms with van der Waals surface area (Å²) in [5, 5.41) is 3.01. The number of aryl methyl sites for hydroxylation is 1. The van der Waals surface area contributed by atoms with Gasteiger partial charge in [0.1, 0.15) is 17.3 Å². The van der Waals surface area contributed by atoms with E-state index in [2.05, 4.69) is 10.3 Å². The van der Waals surface area contributed by atoms with Gasteiger partial charge in [-0.3, -0.25) is 14.2 Å². The van der Waals surface area contributed by atoms with Crippen LogP contribution in [-0.2, 0) is 11.2 Å². The maximum absolute atomic E-state index is 13.8. The van der Waals surface area contributed by atoms with Crippen LogP contribution in [0, 0.1) is 11.6 Å². The van der Waals surface area contributed by atoms with Crippen LogP contribution in [0.3, 0.4) is 0 Å². The molecule has 162 valence electrons. The van der Waals surface area contributed by atoms with Crippen LogP contribution in [-0.4, -0.2) is 21.2 Å². The summed E-state index contributed by atoms with van der Waals surface area (Å²) >= 11 is 1.01. The summed E-state index contributed by atoms with van der Waals surface area (Å²) in [6.45, 7) is 2.04. The summed E-state index contributed by atoms with van der Waals surface area (Å²) in [7, 11) is 0. The van der Waals surface area contributed by atoms with E-state index < -0.39 is 23.2 Å². The van der Waals surface area contributed by atoms with E-state index >= 15 is 0 Å². The standard InChI is InChI=1S/C24H19F2N3O2S/c1-2-15-10-12-16(13-11-15)29-23(31)17-6-3-4-9-20(17)27-24(29)32-14-21(30)28-22-18(25)7-5-8-19(22)26/h3-13H,2,14H2,1H3,(H,28,30). The van der Waals surface area contributed by atoms with E-state index in [1.165, 1.54) is 10.6 Å². The SMILES string of the molecule is CCc1ccc(-n2c(SCC(=O)Nc3c(F)cccc3F)nc3ccccc3c2=O)cc1. The first kappa shape index (κ1) is 21.7. The van der Waals surface area contributed by atoms with Crippen molar-refractivity contribution in [2.45, 2.75) is 18.5 Å². The number of hydrogen-bond donors (Lipinski definition) is 1. The van der Waals surface area contributed by atoms with Gasteiger partial charge in [-0.2, -0.15) is 0 Å². The van der Waals surface area contributed by atoms with Crippen LogP contribution in [0.25, 0.3) is 16.6 Å². The normalized spacial score (nSPS) is 11.0. The first-order valence-corrected chi connectivity index (χ1v) is 10.9. The van der Waals surface area contributed by atoms with E-state index in [0.717, 1.165) is 35.9 Å². The maximum atomic E-state index is 13.8. The minimum atomic E-state index is -0.861. The molecule has 1 aromatic heterocycles. The molecule has 0 unspecified atom stereocenters. The Kier molecular flexibility index (Phi) is 6.32. The molecule has 0 bridgehead atoms. The van der Waals surface area contributed by atoms with Gasteiger partial charge in [0.05, 0.1) is 22.3 Å². The van der Waals surface area contributed by atoms with Crippen molar-refractivity contribution in [2.24, 2.45) is 0 Å². The number of carbonyl (C=O) groups excluding carboxylic acids is 1. The summed E-state index contributed by atoms with van der Waals surface area (Å²) in [4.78, 5) is 30.2. The molecular formula is C24H19F2N3O2S. The molecule has 0 saturated heterocycles. The van der Waals surface area contributed by atoms with Crippen LogP contribution in [0.4, 0.5) is 14.5 Å². The number of benzene rings is 3. The number of halogens is 2. The number of amides is 1. The lowest BCUT2D eigenvalue weighted by Crippen LogP contribution is -2.23. The Morgan fingerprint density at radius 1 is 1.00 bits per heavy atom. The third-order valence-corrected chi connectivity index (χ3v) is 5.85. The number of para-hydroxylation sites is 2. The molecule has 0 aliphatic heterocycles. The number of aromatic nitrogens is 2. The molecule has 1 amide bonds. The second-order valence-electron chi connectivity index (χ2n) is 7.01. The third kappa shape index (κ3) is 4.40. The van der Waals surface area contributed by atoms with E-state index in [4.69, 9.17) is 0 Å². The van der Waals surface area contributed by atoms with Crippen molar-refractivity contribution in [3.63, 3.8) is 0 Å². The van der Waals surface area contributed by atoms with Gasteiger partial charge in [-0.15, -0.1) is 0 Å². The van der Waals surface area contributed by atoms with Gasteiger partial charge in [0.25, 0.3) is 5.56 Å². The maximum Gasteiger partial charge on any atom is 0.266 e. The molecule has 0 spiro atoms. The number of thioether (sulfide) groups is 1. The van der Waals surface area contributed by atoms with Crippen LogP contribution in [0.2, 0.25) is 0 Å². The van der Waals surface area contributed by atoms with Crippen molar-refractivity contribution in [3.8, 4) is 5.69 Å². The molecule has 0 saturated carbocycles. The van der Waals surface area contributed by atoms with Crippen molar-refractivity contribution in [2.75, 3.05) is 11.1 Å². The highest BCUT2D eigenvalue weighted by molar-refractivity contribution is 7.99. The number of anilines is 1. The minimum absolute atomic E-state index is 0.189. The molecule has 1 heterocycles. The lowest BCUT2D eigenvalue weighted by Gasteiger charge is -2.14. The van der Waals surface area contributed by atoms with Crippen LogP contribution >= 0.6 is 11.8 Å². The topological polar surface area (TPSA) is 64.0 Å². The van der Waals surface area contributed by atoms with Gasteiger partial charge in [-0.05, 0) is 48.4 Å². The number of hydrogen-bond acceptors (Lipinski definition) is 4. The van der Waals surface area contributed by atoms with Gasteiger partial charge in [0.15, 0.2) is 5.16 Å². The minimum Gasteiger partial charge on any atom is -0.320 e. The molecule has 0 radical (unpaired) electrons. The fraction of sp³-hybridized carbons (Fsp3) is 0.125. The van der Waals surface area contributed by atoms with Gasteiger partial charge in [0, 0.05) is 0 Å². The second-order valence-corrected chi connectivity index (χ2v) is 7.95. The van der Waals surface area contributed by atoms with Crippen molar-refractivity contribution >= 4 is 34.3 Å². The molecule has 0 aliphatic carbocycles. The summed E-state index contributed by atoms with van der Waals surface area (Å²) < 4.78 is 29.1. The molecular weight excluding hydrogens is 432 g/mol. The largest absolute Gasteiger partial charge is 0.320 e. The van der Waals surface area contributed by atoms with Gasteiger partial charge in [0.2, 0.25) is 5.91 Å². The predicted octanol–water partition coefficient (Wildman–Crippen LogP) is 4.96. The first-order chi connectivity index (χ1) is 15.5. The summed E-state index contributed by atoms with van der Waals surface area (Å²) in [5.74, 6) is -2.53. The Hall–Kier alpha value is -3.52. The van der Waals surface area contributed by atoms with Crippen molar-refractivity contribution in [3.05, 3.63) is 94.3 Å². The van der Waals surface area contributed by atoms with E-state index in [9.17, 15) is 18.4 Å². The molecule has 4 rings (SSSR count). The molecule has 3 aromatic carbocycles.